The number of furan rings is 1. The highest BCUT2D eigenvalue weighted by Crippen LogP contribution is 2.35. The summed E-state index contributed by atoms with van der Waals surface area (Å²) in [5.74, 6) is 0.0708. The lowest BCUT2D eigenvalue weighted by molar-refractivity contribution is -0.307. The zero-order valence-corrected chi connectivity index (χ0v) is 12.1. The Balaban J connectivity index is 1.99. The largest absolute Gasteiger partial charge is 0.548 e. The molecule has 112 valence electrons. The van der Waals surface area contributed by atoms with Crippen LogP contribution in [0, 0.1) is 6.92 Å². The Bertz CT molecular complexity index is 887. The van der Waals surface area contributed by atoms with E-state index in [9.17, 15) is 9.90 Å². The number of carboxylic acids is 1. The maximum absolute atomic E-state index is 11.4. The standard InChI is InChI=1S/C16H15N3O3/c1-9-17-13-10-5-2-3-7-12(10)22-14(13)15(18-9)19-8-4-6-11(19)16(20)21/h2-3,5,7,11H,4,6,8H2,1H3,(H,20,21)/p-1/t11-/m1/s1. The zero-order chi connectivity index (χ0) is 15.3. The van der Waals surface area contributed by atoms with Crippen molar-refractivity contribution in [3.05, 3.63) is 30.1 Å². The highest BCUT2D eigenvalue weighted by atomic mass is 16.4. The van der Waals surface area contributed by atoms with Crippen LogP contribution in [0.3, 0.4) is 0 Å². The number of anilines is 1. The number of carbonyl (C=O) groups excluding carboxylic acids is 1. The molecule has 1 atom stereocenters. The minimum Gasteiger partial charge on any atom is -0.548 e. The van der Waals surface area contributed by atoms with Gasteiger partial charge in [-0.15, -0.1) is 0 Å². The Morgan fingerprint density at radius 3 is 3.00 bits per heavy atom. The van der Waals surface area contributed by atoms with Gasteiger partial charge in [-0.05, 0) is 31.9 Å². The minimum atomic E-state index is -1.07. The molecule has 22 heavy (non-hydrogen) atoms. The Kier molecular flexibility index (Phi) is 2.79. The van der Waals surface area contributed by atoms with E-state index < -0.39 is 12.0 Å². The van der Waals surface area contributed by atoms with Crippen molar-refractivity contribution < 1.29 is 14.3 Å². The van der Waals surface area contributed by atoms with Crippen molar-refractivity contribution in [3.8, 4) is 0 Å². The molecule has 0 amide bonds. The number of hydrogen-bond acceptors (Lipinski definition) is 6. The van der Waals surface area contributed by atoms with Crippen LogP contribution < -0.4 is 10.0 Å². The smallest absolute Gasteiger partial charge is 0.196 e. The lowest BCUT2D eigenvalue weighted by Crippen LogP contribution is -2.45. The number of para-hydroxylation sites is 1. The van der Waals surface area contributed by atoms with E-state index in [1.807, 2.05) is 24.3 Å². The van der Waals surface area contributed by atoms with Crippen LogP contribution in [0.2, 0.25) is 0 Å². The quantitative estimate of drug-likeness (QED) is 0.711. The summed E-state index contributed by atoms with van der Waals surface area (Å²) in [6, 6.07) is 6.97. The van der Waals surface area contributed by atoms with Gasteiger partial charge in [-0.2, -0.15) is 0 Å². The van der Waals surface area contributed by atoms with Gasteiger partial charge in [0, 0.05) is 11.9 Å². The summed E-state index contributed by atoms with van der Waals surface area (Å²) in [5.41, 5.74) is 1.99. The third-order valence-electron chi connectivity index (χ3n) is 4.11. The summed E-state index contributed by atoms with van der Waals surface area (Å²) in [7, 11) is 0. The molecule has 0 saturated carbocycles. The number of carboxylic acid groups (broad SMARTS) is 1. The molecule has 0 spiro atoms. The monoisotopic (exact) mass is 296 g/mol. The van der Waals surface area contributed by atoms with Crippen LogP contribution in [0.4, 0.5) is 5.82 Å². The number of benzene rings is 1. The van der Waals surface area contributed by atoms with Crippen molar-refractivity contribution in [2.45, 2.75) is 25.8 Å². The molecule has 6 nitrogen and oxygen atoms in total. The second-order valence-corrected chi connectivity index (χ2v) is 5.54. The number of aliphatic carboxylic acids is 1. The van der Waals surface area contributed by atoms with Crippen LogP contribution in [-0.2, 0) is 4.79 Å². The molecule has 4 rings (SSSR count). The Morgan fingerprint density at radius 2 is 2.18 bits per heavy atom. The molecule has 1 aliphatic heterocycles. The number of aromatic nitrogens is 2. The molecule has 1 saturated heterocycles. The predicted molar refractivity (Wildman–Crippen MR) is 79.4 cm³/mol. The maximum atomic E-state index is 11.4. The molecule has 1 aliphatic rings. The van der Waals surface area contributed by atoms with Crippen LogP contribution in [0.5, 0.6) is 0 Å². The van der Waals surface area contributed by atoms with Gasteiger partial charge in [0.1, 0.15) is 16.9 Å². The molecule has 0 unspecified atom stereocenters. The summed E-state index contributed by atoms with van der Waals surface area (Å²) < 4.78 is 5.90. The number of carbonyl (C=O) groups is 1. The fourth-order valence-electron chi connectivity index (χ4n) is 3.15. The van der Waals surface area contributed by atoms with E-state index in [1.165, 1.54) is 0 Å². The summed E-state index contributed by atoms with van der Waals surface area (Å²) in [6.45, 7) is 2.43. The molecule has 1 aromatic carbocycles. The van der Waals surface area contributed by atoms with Gasteiger partial charge in [0.25, 0.3) is 0 Å². The highest BCUT2D eigenvalue weighted by Gasteiger charge is 2.30. The summed E-state index contributed by atoms with van der Waals surface area (Å²) in [5, 5.41) is 12.3. The topological polar surface area (TPSA) is 82.3 Å². The lowest BCUT2D eigenvalue weighted by atomic mass is 10.2. The van der Waals surface area contributed by atoms with Crippen molar-refractivity contribution in [1.82, 2.24) is 9.97 Å². The van der Waals surface area contributed by atoms with Crippen molar-refractivity contribution in [2.24, 2.45) is 0 Å². The van der Waals surface area contributed by atoms with E-state index >= 15 is 0 Å². The Morgan fingerprint density at radius 1 is 1.36 bits per heavy atom. The molecule has 0 aliphatic carbocycles. The fraction of sp³-hybridized carbons (Fsp3) is 0.312. The minimum absolute atomic E-state index is 0.542. The number of fused-ring (bicyclic) bond motifs is 3. The summed E-state index contributed by atoms with van der Waals surface area (Å²) in [6.07, 6.45) is 1.36. The van der Waals surface area contributed by atoms with E-state index in [0.29, 0.717) is 30.2 Å². The molecular formula is C16H14N3O3-. The fourth-order valence-corrected chi connectivity index (χ4v) is 3.15. The van der Waals surface area contributed by atoms with Crippen LogP contribution in [-0.4, -0.2) is 28.5 Å². The van der Waals surface area contributed by atoms with Crippen LogP contribution in [0.25, 0.3) is 22.1 Å². The second-order valence-electron chi connectivity index (χ2n) is 5.54. The van der Waals surface area contributed by atoms with Gasteiger partial charge in [-0.25, -0.2) is 9.97 Å². The van der Waals surface area contributed by atoms with Gasteiger partial charge in [-0.3, -0.25) is 0 Å². The average molecular weight is 296 g/mol. The first kappa shape index (κ1) is 13.1. The van der Waals surface area contributed by atoms with Gasteiger partial charge in [-0.1, -0.05) is 12.1 Å². The van der Waals surface area contributed by atoms with Crippen LogP contribution in [0.15, 0.2) is 28.7 Å². The first-order valence-corrected chi connectivity index (χ1v) is 7.28. The lowest BCUT2D eigenvalue weighted by Gasteiger charge is -2.26. The number of rotatable bonds is 2. The third kappa shape index (κ3) is 1.83. The molecule has 0 N–H and O–H groups in total. The van der Waals surface area contributed by atoms with E-state index in [1.54, 1.807) is 11.8 Å². The highest BCUT2D eigenvalue weighted by molar-refractivity contribution is 6.06. The molecule has 6 heteroatoms. The molecule has 0 bridgehead atoms. The summed E-state index contributed by atoms with van der Waals surface area (Å²) >= 11 is 0. The first-order valence-electron chi connectivity index (χ1n) is 7.28. The van der Waals surface area contributed by atoms with Gasteiger partial charge < -0.3 is 19.2 Å². The van der Waals surface area contributed by atoms with Crippen molar-refractivity contribution in [2.75, 3.05) is 11.4 Å². The maximum Gasteiger partial charge on any atom is 0.196 e. The third-order valence-corrected chi connectivity index (χ3v) is 4.11. The van der Waals surface area contributed by atoms with Crippen molar-refractivity contribution >= 4 is 33.9 Å². The van der Waals surface area contributed by atoms with E-state index in [2.05, 4.69) is 9.97 Å². The first-order chi connectivity index (χ1) is 10.6. The number of aryl methyl sites for hydroxylation is 1. The molecule has 1 fully saturated rings. The Hall–Kier alpha value is -2.63. The van der Waals surface area contributed by atoms with Gasteiger partial charge in [0.15, 0.2) is 11.4 Å². The Labute approximate surface area is 126 Å². The molecular weight excluding hydrogens is 282 g/mol. The van der Waals surface area contributed by atoms with Crippen molar-refractivity contribution in [1.29, 1.82) is 0 Å². The average Bonchev–Trinajstić information content (AvgIpc) is 3.11. The van der Waals surface area contributed by atoms with Crippen LogP contribution >= 0.6 is 0 Å². The van der Waals surface area contributed by atoms with E-state index in [4.69, 9.17) is 4.42 Å². The SMILES string of the molecule is Cc1nc(N2CCC[C@@H]2C(=O)[O-])c2oc3ccccc3c2n1. The van der Waals surface area contributed by atoms with E-state index in [-0.39, 0.29) is 0 Å². The molecule has 3 heterocycles. The van der Waals surface area contributed by atoms with E-state index in [0.717, 1.165) is 22.9 Å². The zero-order valence-electron chi connectivity index (χ0n) is 12.1. The second kappa shape index (κ2) is 4.69. The van der Waals surface area contributed by atoms with Gasteiger partial charge in [0.05, 0.1) is 12.0 Å². The predicted octanol–water partition coefficient (Wildman–Crippen LogP) is 1.40. The van der Waals surface area contributed by atoms with Crippen LogP contribution in [0.1, 0.15) is 18.7 Å². The summed E-state index contributed by atoms with van der Waals surface area (Å²) in [4.78, 5) is 22.0. The van der Waals surface area contributed by atoms with Crippen molar-refractivity contribution in [3.63, 3.8) is 0 Å². The normalized spacial score (nSPS) is 18.4. The molecule has 2 aromatic heterocycles. The molecule has 0 radical (unpaired) electrons. The number of nitrogens with zero attached hydrogens (tertiary/aromatic N) is 3. The van der Waals surface area contributed by atoms with Gasteiger partial charge >= 0.3 is 0 Å². The number of hydrogen-bond donors (Lipinski definition) is 0. The molecule has 3 aromatic rings. The van der Waals surface area contributed by atoms with Gasteiger partial charge in [0.2, 0.25) is 0 Å².